The van der Waals surface area contributed by atoms with Crippen molar-refractivity contribution in [3.8, 4) is 0 Å². The number of carboxylic acids is 1. The molecule has 2 rings (SSSR count). The second-order valence-electron chi connectivity index (χ2n) is 4.96. The van der Waals surface area contributed by atoms with Gasteiger partial charge in [0, 0.05) is 28.5 Å². The molecule has 1 unspecified atom stereocenters. The molecule has 1 amide bonds. The van der Waals surface area contributed by atoms with E-state index < -0.39 is 5.97 Å². The minimum Gasteiger partial charge on any atom is -0.481 e. The van der Waals surface area contributed by atoms with E-state index in [1.54, 1.807) is 11.0 Å². The highest BCUT2D eigenvalue weighted by Crippen LogP contribution is 2.27. The van der Waals surface area contributed by atoms with Gasteiger partial charge in [-0.25, -0.2) is 0 Å². The van der Waals surface area contributed by atoms with Crippen molar-refractivity contribution < 1.29 is 14.7 Å². The molecule has 6 heteroatoms. The van der Waals surface area contributed by atoms with Crippen LogP contribution in [-0.2, 0) is 4.79 Å². The number of hydrogen-bond acceptors (Lipinski definition) is 2. The first-order valence-corrected chi connectivity index (χ1v) is 8.02. The zero-order valence-electron chi connectivity index (χ0n) is 10.8. The number of carboxylic acid groups (broad SMARTS) is 1. The number of hydrogen-bond donors (Lipinski definition) is 1. The standard InChI is InChI=1S/C14H15Br2NO3/c15-10-2-3-11(12(16)7-10)14(20)17-6-5-9(8-17)1-4-13(18)19/h2-3,7,9H,1,4-6,8H2,(H,18,19). The topological polar surface area (TPSA) is 57.6 Å². The van der Waals surface area contributed by atoms with Crippen LogP contribution in [0.15, 0.2) is 27.1 Å². The van der Waals surface area contributed by atoms with E-state index in [1.165, 1.54) is 0 Å². The molecule has 0 radical (unpaired) electrons. The Morgan fingerprint density at radius 2 is 2.10 bits per heavy atom. The van der Waals surface area contributed by atoms with Crippen LogP contribution in [0.25, 0.3) is 0 Å². The van der Waals surface area contributed by atoms with Gasteiger partial charge < -0.3 is 10.0 Å². The number of nitrogens with zero attached hydrogens (tertiary/aromatic N) is 1. The van der Waals surface area contributed by atoms with E-state index in [1.807, 2.05) is 12.1 Å². The number of aliphatic carboxylic acids is 1. The van der Waals surface area contributed by atoms with Crippen molar-refractivity contribution in [2.75, 3.05) is 13.1 Å². The first-order valence-electron chi connectivity index (χ1n) is 6.43. The first-order chi connectivity index (χ1) is 9.47. The van der Waals surface area contributed by atoms with Crippen LogP contribution >= 0.6 is 31.9 Å². The summed E-state index contributed by atoms with van der Waals surface area (Å²) in [5.74, 6) is -0.475. The highest BCUT2D eigenvalue weighted by atomic mass is 79.9. The van der Waals surface area contributed by atoms with Crippen molar-refractivity contribution in [1.82, 2.24) is 4.90 Å². The molecule has 1 aliphatic heterocycles. The number of carbonyl (C=O) groups is 2. The SMILES string of the molecule is O=C(O)CCC1CCN(C(=O)c2ccc(Br)cc2Br)C1. The minimum atomic E-state index is -0.773. The number of rotatable bonds is 4. The summed E-state index contributed by atoms with van der Waals surface area (Å²) in [7, 11) is 0. The van der Waals surface area contributed by atoms with Crippen molar-refractivity contribution in [2.45, 2.75) is 19.3 Å². The molecular weight excluding hydrogens is 390 g/mol. The summed E-state index contributed by atoms with van der Waals surface area (Å²) < 4.78 is 1.69. The van der Waals surface area contributed by atoms with Gasteiger partial charge in [0.15, 0.2) is 0 Å². The lowest BCUT2D eigenvalue weighted by atomic mass is 10.0. The van der Waals surface area contributed by atoms with Crippen LogP contribution in [0.3, 0.4) is 0 Å². The molecule has 4 nitrogen and oxygen atoms in total. The highest BCUT2D eigenvalue weighted by molar-refractivity contribution is 9.11. The van der Waals surface area contributed by atoms with Gasteiger partial charge in [-0.15, -0.1) is 0 Å². The van der Waals surface area contributed by atoms with Crippen LogP contribution in [0.5, 0.6) is 0 Å². The summed E-state index contributed by atoms with van der Waals surface area (Å²) >= 11 is 6.77. The monoisotopic (exact) mass is 403 g/mol. The Morgan fingerprint density at radius 3 is 2.75 bits per heavy atom. The average Bonchev–Trinajstić information content (AvgIpc) is 2.84. The third-order valence-corrected chi connectivity index (χ3v) is 4.65. The Labute approximate surface area is 134 Å². The molecule has 1 N–H and O–H groups in total. The maximum absolute atomic E-state index is 12.4. The molecule has 1 atom stereocenters. The maximum atomic E-state index is 12.4. The molecule has 108 valence electrons. The lowest BCUT2D eigenvalue weighted by molar-refractivity contribution is -0.137. The van der Waals surface area contributed by atoms with E-state index in [2.05, 4.69) is 31.9 Å². The Bertz CT molecular complexity index is 533. The van der Waals surface area contributed by atoms with Crippen molar-refractivity contribution in [2.24, 2.45) is 5.92 Å². The molecule has 1 aliphatic rings. The van der Waals surface area contributed by atoms with Gasteiger partial charge in [0.05, 0.1) is 5.56 Å². The number of likely N-dealkylation sites (tertiary alicyclic amines) is 1. The quantitative estimate of drug-likeness (QED) is 0.834. The molecule has 1 aromatic carbocycles. The third kappa shape index (κ3) is 3.82. The fourth-order valence-corrected chi connectivity index (χ4v) is 3.63. The normalized spacial score (nSPS) is 18.3. The summed E-state index contributed by atoms with van der Waals surface area (Å²) in [6.45, 7) is 1.35. The molecule has 0 bridgehead atoms. The zero-order chi connectivity index (χ0) is 14.7. The number of benzene rings is 1. The Morgan fingerprint density at radius 1 is 1.35 bits per heavy atom. The van der Waals surface area contributed by atoms with Crippen molar-refractivity contribution in [3.05, 3.63) is 32.7 Å². The van der Waals surface area contributed by atoms with Gasteiger partial charge in [0.1, 0.15) is 0 Å². The molecule has 0 spiro atoms. The lowest BCUT2D eigenvalue weighted by Crippen LogP contribution is -2.29. The van der Waals surface area contributed by atoms with Crippen LogP contribution in [0.4, 0.5) is 0 Å². The molecule has 1 saturated heterocycles. The van der Waals surface area contributed by atoms with Crippen LogP contribution in [0.1, 0.15) is 29.6 Å². The Hall–Kier alpha value is -0.880. The van der Waals surface area contributed by atoms with E-state index in [9.17, 15) is 9.59 Å². The van der Waals surface area contributed by atoms with Crippen LogP contribution in [-0.4, -0.2) is 35.0 Å². The smallest absolute Gasteiger partial charge is 0.303 e. The largest absolute Gasteiger partial charge is 0.481 e. The fourth-order valence-electron chi connectivity index (χ4n) is 2.41. The van der Waals surface area contributed by atoms with Gasteiger partial charge in [-0.3, -0.25) is 9.59 Å². The lowest BCUT2D eigenvalue weighted by Gasteiger charge is -2.17. The van der Waals surface area contributed by atoms with Gasteiger partial charge in [-0.05, 0) is 52.9 Å². The average molecular weight is 405 g/mol. The van der Waals surface area contributed by atoms with E-state index in [0.717, 1.165) is 15.4 Å². The summed E-state index contributed by atoms with van der Waals surface area (Å²) in [5.41, 5.74) is 0.645. The second-order valence-corrected chi connectivity index (χ2v) is 6.73. The third-order valence-electron chi connectivity index (χ3n) is 3.50. The predicted octanol–water partition coefficient (Wildman–Crippen LogP) is 3.54. The minimum absolute atomic E-state index is 0.00204. The Kier molecular flexibility index (Phi) is 5.21. The summed E-state index contributed by atoms with van der Waals surface area (Å²) in [4.78, 5) is 24.8. The number of halogens is 2. The van der Waals surface area contributed by atoms with Crippen molar-refractivity contribution in [1.29, 1.82) is 0 Å². The number of carbonyl (C=O) groups excluding carboxylic acids is 1. The van der Waals surface area contributed by atoms with Crippen molar-refractivity contribution in [3.63, 3.8) is 0 Å². The van der Waals surface area contributed by atoms with Gasteiger partial charge in [-0.1, -0.05) is 15.9 Å². The summed E-state index contributed by atoms with van der Waals surface area (Å²) in [6, 6.07) is 5.49. The fraction of sp³-hybridized carbons (Fsp3) is 0.429. The van der Waals surface area contributed by atoms with Crippen LogP contribution in [0, 0.1) is 5.92 Å². The Balaban J connectivity index is 1.99. The van der Waals surface area contributed by atoms with E-state index in [0.29, 0.717) is 31.0 Å². The molecule has 1 heterocycles. The van der Waals surface area contributed by atoms with Gasteiger partial charge >= 0.3 is 5.97 Å². The summed E-state index contributed by atoms with van der Waals surface area (Å²) in [6.07, 6.45) is 1.70. The highest BCUT2D eigenvalue weighted by Gasteiger charge is 2.28. The van der Waals surface area contributed by atoms with Crippen molar-refractivity contribution >= 4 is 43.7 Å². The van der Waals surface area contributed by atoms with E-state index in [-0.39, 0.29) is 12.3 Å². The molecule has 0 aliphatic carbocycles. The molecule has 1 fully saturated rings. The zero-order valence-corrected chi connectivity index (χ0v) is 14.0. The van der Waals surface area contributed by atoms with Gasteiger partial charge in [0.25, 0.3) is 5.91 Å². The molecule has 0 aromatic heterocycles. The van der Waals surface area contributed by atoms with Crippen LogP contribution in [0.2, 0.25) is 0 Å². The van der Waals surface area contributed by atoms with Crippen LogP contribution < -0.4 is 0 Å². The predicted molar refractivity (Wildman–Crippen MR) is 82.7 cm³/mol. The maximum Gasteiger partial charge on any atom is 0.303 e. The number of amides is 1. The summed E-state index contributed by atoms with van der Waals surface area (Å²) in [5, 5.41) is 8.70. The molecule has 0 saturated carbocycles. The van der Waals surface area contributed by atoms with Gasteiger partial charge in [-0.2, -0.15) is 0 Å². The second kappa shape index (κ2) is 6.72. The van der Waals surface area contributed by atoms with E-state index >= 15 is 0 Å². The first kappa shape index (κ1) is 15.5. The molecular formula is C14H15Br2NO3. The molecule has 1 aromatic rings. The van der Waals surface area contributed by atoms with E-state index in [4.69, 9.17) is 5.11 Å². The van der Waals surface area contributed by atoms with Gasteiger partial charge in [0.2, 0.25) is 0 Å². The molecule has 20 heavy (non-hydrogen) atoms.